The summed E-state index contributed by atoms with van der Waals surface area (Å²) >= 11 is 1.65. The SMILES string of the molecule is CSc1ccc(/C=C2/C(C)=C(CC(=O)OCCOCCOc3no[n+]([O-])c3S(=O)(=O)c3ccccc3)c3cc(F)ccc32)cc1. The Morgan fingerprint density at radius 2 is 1.76 bits per heavy atom. The van der Waals surface area contributed by atoms with Crippen LogP contribution >= 0.6 is 11.8 Å². The van der Waals surface area contributed by atoms with Crippen molar-refractivity contribution in [1.29, 1.82) is 0 Å². The third-order valence-corrected chi connectivity index (χ3v) is 9.48. The van der Waals surface area contributed by atoms with Gasteiger partial charge in [-0.3, -0.25) is 9.42 Å². The zero-order valence-corrected chi connectivity index (χ0v) is 26.0. The molecule has 0 saturated heterocycles. The number of sulfone groups is 1. The van der Waals surface area contributed by atoms with Crippen molar-refractivity contribution < 1.29 is 41.3 Å². The number of fused-ring (bicyclic) bond motifs is 1. The first-order valence-electron chi connectivity index (χ1n) is 13.8. The molecule has 3 aromatic carbocycles. The number of rotatable bonds is 13. The number of halogens is 1. The van der Waals surface area contributed by atoms with Gasteiger partial charge in [0.2, 0.25) is 0 Å². The van der Waals surface area contributed by atoms with Gasteiger partial charge in [0.1, 0.15) is 19.0 Å². The van der Waals surface area contributed by atoms with Gasteiger partial charge in [0.15, 0.2) is 0 Å². The van der Waals surface area contributed by atoms with E-state index in [1.807, 2.05) is 43.5 Å². The second-order valence-corrected chi connectivity index (χ2v) is 12.6. The summed E-state index contributed by atoms with van der Waals surface area (Å²) in [6.45, 7) is 1.72. The molecule has 45 heavy (non-hydrogen) atoms. The van der Waals surface area contributed by atoms with E-state index in [9.17, 15) is 22.8 Å². The van der Waals surface area contributed by atoms with Crippen molar-refractivity contribution in [3.05, 3.63) is 106 Å². The van der Waals surface area contributed by atoms with Crippen molar-refractivity contribution in [3.63, 3.8) is 0 Å². The average molecular weight is 653 g/mol. The van der Waals surface area contributed by atoms with Gasteiger partial charge in [0, 0.05) is 4.90 Å². The Labute approximate surface area is 263 Å². The van der Waals surface area contributed by atoms with Crippen LogP contribution in [0.1, 0.15) is 30.0 Å². The molecule has 0 fully saturated rings. The van der Waals surface area contributed by atoms with E-state index >= 15 is 0 Å². The van der Waals surface area contributed by atoms with Gasteiger partial charge in [0.25, 0.3) is 9.84 Å². The lowest BCUT2D eigenvalue weighted by Gasteiger charge is -2.08. The molecule has 1 heterocycles. The molecule has 0 N–H and O–H groups in total. The lowest BCUT2D eigenvalue weighted by atomic mass is 10.0. The number of thioether (sulfide) groups is 1. The van der Waals surface area contributed by atoms with Crippen LogP contribution in [0.5, 0.6) is 5.88 Å². The topological polar surface area (TPSA) is 132 Å². The highest BCUT2D eigenvalue weighted by Crippen LogP contribution is 2.44. The molecule has 0 amide bonds. The number of carbonyl (C=O) groups excluding carboxylic acids is 1. The molecule has 0 saturated carbocycles. The highest BCUT2D eigenvalue weighted by atomic mass is 32.2. The summed E-state index contributed by atoms with van der Waals surface area (Å²) in [5.74, 6) is -1.39. The normalized spacial score (nSPS) is 13.7. The quantitative estimate of drug-likeness (QED) is 0.0805. The van der Waals surface area contributed by atoms with Crippen molar-refractivity contribution in [3.8, 4) is 5.88 Å². The fraction of sp³-hybridized carbons (Fsp3) is 0.219. The predicted octanol–water partition coefficient (Wildman–Crippen LogP) is 5.36. The molecule has 1 aromatic heterocycles. The minimum Gasteiger partial charge on any atom is -0.463 e. The number of hydrogen-bond donors (Lipinski definition) is 0. The predicted molar refractivity (Wildman–Crippen MR) is 164 cm³/mol. The molecule has 10 nitrogen and oxygen atoms in total. The first kappa shape index (κ1) is 31.9. The number of hydrogen-bond acceptors (Lipinski definition) is 10. The van der Waals surface area contributed by atoms with Crippen LogP contribution in [0.4, 0.5) is 4.39 Å². The standard InChI is InChI=1S/C32H29FN2O8S2/c1-21-27(18-22-8-11-24(44-2)12-9-22)26-13-10-23(33)19-29(26)28(21)20-30(36)41-16-14-40-15-17-42-31-32(35(37)43-34-31)45(38,39)25-6-4-3-5-7-25/h3-13,18-19H,14-17,20H2,1-2H3/b27-18-. The van der Waals surface area contributed by atoms with Crippen LogP contribution in [0.2, 0.25) is 0 Å². The Balaban J connectivity index is 1.13. The van der Waals surface area contributed by atoms with E-state index in [1.54, 1.807) is 23.9 Å². The number of carbonyl (C=O) groups is 1. The van der Waals surface area contributed by atoms with Crippen LogP contribution in [0.25, 0.3) is 17.2 Å². The van der Waals surface area contributed by atoms with Gasteiger partial charge in [-0.25, -0.2) is 12.8 Å². The third-order valence-electron chi connectivity index (χ3n) is 7.01. The first-order valence-corrected chi connectivity index (χ1v) is 16.5. The number of allylic oxidation sites excluding steroid dienone is 2. The fourth-order valence-corrected chi connectivity index (χ4v) is 6.50. The molecule has 0 radical (unpaired) electrons. The maximum atomic E-state index is 14.2. The molecule has 1 aliphatic carbocycles. The Kier molecular flexibility index (Phi) is 10.0. The average Bonchev–Trinajstić information content (AvgIpc) is 3.53. The minimum atomic E-state index is -4.23. The number of ether oxygens (including phenoxy) is 3. The van der Waals surface area contributed by atoms with Gasteiger partial charge in [0.05, 0.1) is 29.7 Å². The molecule has 5 rings (SSSR count). The van der Waals surface area contributed by atoms with E-state index in [-0.39, 0.29) is 42.6 Å². The van der Waals surface area contributed by atoms with Crippen molar-refractivity contribution in [2.24, 2.45) is 0 Å². The summed E-state index contributed by atoms with van der Waals surface area (Å²) < 4.78 is 60.4. The van der Waals surface area contributed by atoms with E-state index in [2.05, 4.69) is 9.79 Å². The third kappa shape index (κ3) is 7.27. The Morgan fingerprint density at radius 3 is 2.49 bits per heavy atom. The fourth-order valence-electron chi connectivity index (χ4n) is 4.80. The van der Waals surface area contributed by atoms with Gasteiger partial charge in [-0.2, -0.15) is 0 Å². The van der Waals surface area contributed by atoms with Crippen molar-refractivity contribution >= 4 is 44.8 Å². The maximum absolute atomic E-state index is 14.2. The lowest BCUT2D eigenvalue weighted by Crippen LogP contribution is -2.31. The molecule has 0 spiro atoms. The summed E-state index contributed by atoms with van der Waals surface area (Å²) in [4.78, 5) is 13.5. The second kappa shape index (κ2) is 14.1. The second-order valence-electron chi connectivity index (χ2n) is 9.84. The van der Waals surface area contributed by atoms with E-state index in [1.165, 1.54) is 36.4 Å². The first-order chi connectivity index (χ1) is 21.7. The summed E-state index contributed by atoms with van der Waals surface area (Å²) in [7, 11) is -4.23. The Bertz CT molecular complexity index is 1850. The smallest absolute Gasteiger partial charge is 0.415 e. The summed E-state index contributed by atoms with van der Waals surface area (Å²) in [5, 5.41) is 14.6. The van der Waals surface area contributed by atoms with Crippen LogP contribution in [-0.2, 0) is 24.1 Å². The van der Waals surface area contributed by atoms with Crippen LogP contribution in [0.3, 0.4) is 0 Å². The van der Waals surface area contributed by atoms with E-state index in [0.717, 1.165) is 27.2 Å². The van der Waals surface area contributed by atoms with E-state index in [0.29, 0.717) is 11.1 Å². The Morgan fingerprint density at radius 1 is 1.02 bits per heavy atom. The molecule has 0 atom stereocenters. The monoisotopic (exact) mass is 652 g/mol. The zero-order chi connectivity index (χ0) is 32.0. The molecule has 0 aliphatic heterocycles. The van der Waals surface area contributed by atoms with Crippen LogP contribution in [-0.4, -0.2) is 52.2 Å². The van der Waals surface area contributed by atoms with E-state index in [4.69, 9.17) is 14.2 Å². The highest BCUT2D eigenvalue weighted by molar-refractivity contribution is 7.98. The summed E-state index contributed by atoms with van der Waals surface area (Å²) in [5.41, 5.74) is 4.99. The van der Waals surface area contributed by atoms with Gasteiger partial charge < -0.3 is 19.4 Å². The van der Waals surface area contributed by atoms with Gasteiger partial charge in [-0.15, -0.1) is 11.8 Å². The maximum Gasteiger partial charge on any atom is 0.415 e. The minimum absolute atomic E-state index is 0.0168. The Hall–Kier alpha value is -4.46. The highest BCUT2D eigenvalue weighted by Gasteiger charge is 2.35. The number of aromatic nitrogens is 2. The number of esters is 1. The molecule has 13 heteroatoms. The van der Waals surface area contributed by atoms with Crippen LogP contribution in [0, 0.1) is 11.0 Å². The lowest BCUT2D eigenvalue weighted by molar-refractivity contribution is -0.832. The number of benzene rings is 3. The van der Waals surface area contributed by atoms with Crippen molar-refractivity contribution in [2.45, 2.75) is 28.2 Å². The van der Waals surface area contributed by atoms with Crippen LogP contribution in [0.15, 0.2) is 97.8 Å². The zero-order valence-electron chi connectivity index (χ0n) is 24.4. The molecule has 4 aromatic rings. The van der Waals surface area contributed by atoms with Crippen molar-refractivity contribution in [2.75, 3.05) is 32.7 Å². The number of nitrogens with zero attached hydrogens (tertiary/aromatic N) is 2. The molecule has 0 bridgehead atoms. The molecule has 234 valence electrons. The largest absolute Gasteiger partial charge is 0.463 e. The molecular formula is C32H29FN2O8S2. The summed E-state index contributed by atoms with van der Waals surface area (Å²) in [6, 6.07) is 20.0. The van der Waals surface area contributed by atoms with Gasteiger partial charge >= 0.3 is 16.9 Å². The molecule has 1 aliphatic rings. The van der Waals surface area contributed by atoms with Gasteiger partial charge in [-0.05, 0) is 94.0 Å². The molecular weight excluding hydrogens is 623 g/mol. The molecule has 0 unspecified atom stereocenters. The van der Waals surface area contributed by atoms with E-state index < -0.39 is 32.5 Å². The van der Waals surface area contributed by atoms with Crippen molar-refractivity contribution in [1.82, 2.24) is 5.16 Å². The summed E-state index contributed by atoms with van der Waals surface area (Å²) in [6.07, 6.45) is 3.99. The van der Waals surface area contributed by atoms with Crippen LogP contribution < -0.4 is 9.64 Å². The van der Waals surface area contributed by atoms with Gasteiger partial charge in [-0.1, -0.05) is 36.4 Å².